The maximum Gasteiger partial charge on any atom is 0.261 e. The Labute approximate surface area is 221 Å². The summed E-state index contributed by atoms with van der Waals surface area (Å²) in [6, 6.07) is 20.2. The second-order valence-electron chi connectivity index (χ2n) is 8.38. The minimum absolute atomic E-state index is 0.0414. The zero-order chi connectivity index (χ0) is 25.7. The van der Waals surface area contributed by atoms with Gasteiger partial charge in [0, 0.05) is 37.4 Å². The Morgan fingerprint density at radius 1 is 0.972 bits per heavy atom. The number of ether oxygens (including phenoxy) is 1. The van der Waals surface area contributed by atoms with Crippen LogP contribution in [0.3, 0.4) is 0 Å². The predicted octanol–water partition coefficient (Wildman–Crippen LogP) is 4.75. The monoisotopic (exact) mass is 522 g/mol. The normalized spacial score (nSPS) is 13.2. The summed E-state index contributed by atoms with van der Waals surface area (Å²) in [5.74, 6) is 0.189. The molecule has 1 saturated heterocycles. The second-order valence-corrected chi connectivity index (χ2v) is 9.19. The van der Waals surface area contributed by atoms with E-state index in [1.807, 2.05) is 60.4 Å². The second kappa shape index (κ2) is 11.4. The van der Waals surface area contributed by atoms with Gasteiger partial charge in [-0.15, -0.1) is 0 Å². The Bertz CT molecular complexity index is 1280. The molecule has 0 unspecified atom stereocenters. The molecule has 9 heteroatoms. The van der Waals surface area contributed by atoms with Crippen molar-refractivity contribution in [2.75, 3.05) is 43.5 Å². The molecule has 186 valence electrons. The molecule has 1 aliphatic rings. The predicted molar refractivity (Wildman–Crippen MR) is 147 cm³/mol. The molecule has 0 radical (unpaired) electrons. The molecular weight excluding hydrogens is 496 g/mol. The number of piperazine rings is 1. The van der Waals surface area contributed by atoms with Crippen molar-refractivity contribution in [1.82, 2.24) is 10.2 Å². The third-order valence-corrected chi connectivity index (χ3v) is 6.53. The van der Waals surface area contributed by atoms with Gasteiger partial charge in [-0.25, -0.2) is 0 Å². The molecule has 0 bridgehead atoms. The number of para-hydroxylation sites is 1. The number of nitrogens with one attached hydrogen (secondary N) is 2. The van der Waals surface area contributed by atoms with E-state index in [1.54, 1.807) is 18.2 Å². The van der Waals surface area contributed by atoms with E-state index in [4.69, 9.17) is 28.6 Å². The zero-order valence-electron chi connectivity index (χ0n) is 20.1. The molecular formula is C27H27ClN4O3S. The summed E-state index contributed by atoms with van der Waals surface area (Å²) in [5, 5.41) is 6.40. The van der Waals surface area contributed by atoms with Gasteiger partial charge in [0.25, 0.3) is 11.8 Å². The summed E-state index contributed by atoms with van der Waals surface area (Å²) < 4.78 is 5.36. The Morgan fingerprint density at radius 3 is 2.36 bits per heavy atom. The molecule has 2 N–H and O–H groups in total. The molecule has 2 amide bonds. The van der Waals surface area contributed by atoms with Crippen LogP contribution in [0.4, 0.5) is 11.4 Å². The van der Waals surface area contributed by atoms with Crippen LogP contribution in [0.15, 0.2) is 66.7 Å². The van der Waals surface area contributed by atoms with Gasteiger partial charge in [0.2, 0.25) is 0 Å². The number of hydrogen-bond donors (Lipinski definition) is 2. The number of halogens is 1. The maximum absolute atomic E-state index is 12.7. The third kappa shape index (κ3) is 5.78. The highest BCUT2D eigenvalue weighted by molar-refractivity contribution is 7.80. The van der Waals surface area contributed by atoms with Gasteiger partial charge < -0.3 is 19.9 Å². The number of anilines is 2. The van der Waals surface area contributed by atoms with E-state index >= 15 is 0 Å². The van der Waals surface area contributed by atoms with Gasteiger partial charge in [-0.3, -0.25) is 14.9 Å². The quantitative estimate of drug-likeness (QED) is 0.471. The van der Waals surface area contributed by atoms with Crippen LogP contribution < -0.4 is 20.3 Å². The molecule has 7 nitrogen and oxygen atoms in total. The van der Waals surface area contributed by atoms with Crippen LogP contribution in [0.5, 0.6) is 5.75 Å². The first kappa shape index (κ1) is 25.5. The number of methoxy groups -OCH3 is 1. The third-order valence-electron chi connectivity index (χ3n) is 6.02. The fraction of sp³-hybridized carbons (Fsp3) is 0.222. The highest BCUT2D eigenvalue weighted by Gasteiger charge is 2.23. The van der Waals surface area contributed by atoms with E-state index < -0.39 is 0 Å². The van der Waals surface area contributed by atoms with E-state index in [0.717, 1.165) is 11.3 Å². The van der Waals surface area contributed by atoms with Gasteiger partial charge in [-0.1, -0.05) is 41.9 Å². The molecule has 36 heavy (non-hydrogen) atoms. The van der Waals surface area contributed by atoms with Crippen LogP contribution in [0, 0.1) is 6.92 Å². The lowest BCUT2D eigenvalue weighted by Crippen LogP contribution is -2.48. The van der Waals surface area contributed by atoms with E-state index in [2.05, 4.69) is 15.5 Å². The minimum atomic E-state index is -0.362. The Balaban J connectivity index is 1.34. The molecule has 1 fully saturated rings. The van der Waals surface area contributed by atoms with Crippen LogP contribution in [0.1, 0.15) is 26.3 Å². The van der Waals surface area contributed by atoms with E-state index in [-0.39, 0.29) is 16.9 Å². The van der Waals surface area contributed by atoms with Crippen molar-refractivity contribution in [3.05, 3.63) is 88.4 Å². The average molecular weight is 523 g/mol. The molecule has 0 atom stereocenters. The van der Waals surface area contributed by atoms with Crippen molar-refractivity contribution in [2.45, 2.75) is 6.92 Å². The molecule has 0 spiro atoms. The van der Waals surface area contributed by atoms with Gasteiger partial charge in [-0.2, -0.15) is 0 Å². The van der Waals surface area contributed by atoms with Crippen LogP contribution in [0.2, 0.25) is 5.02 Å². The number of thiocarbonyl (C=S) groups is 1. The van der Waals surface area contributed by atoms with Gasteiger partial charge in [0.05, 0.1) is 23.4 Å². The summed E-state index contributed by atoms with van der Waals surface area (Å²) in [6.07, 6.45) is 0. The molecule has 4 rings (SSSR count). The number of amides is 2. The largest absolute Gasteiger partial charge is 0.496 e. The highest BCUT2D eigenvalue weighted by atomic mass is 35.5. The fourth-order valence-corrected chi connectivity index (χ4v) is 4.70. The number of nitrogens with zero attached hydrogens (tertiary/aromatic N) is 2. The average Bonchev–Trinajstić information content (AvgIpc) is 2.88. The van der Waals surface area contributed by atoms with E-state index in [9.17, 15) is 9.59 Å². The lowest BCUT2D eigenvalue weighted by Gasteiger charge is -2.36. The van der Waals surface area contributed by atoms with Crippen molar-refractivity contribution in [3.8, 4) is 5.75 Å². The summed E-state index contributed by atoms with van der Waals surface area (Å²) in [6.45, 7) is 4.46. The van der Waals surface area contributed by atoms with Crippen molar-refractivity contribution < 1.29 is 14.3 Å². The standard InChI is InChI=1S/C27H27ClN4O3S/c1-18-7-6-10-21(24(18)35-2)25(33)30-27(36)29-20-11-12-23(22(28)17-20)31-13-15-32(16-14-31)26(34)19-8-4-3-5-9-19/h3-12,17H,13-16H2,1-2H3,(H2,29,30,33,36). The number of carbonyl (C=O) groups is 2. The summed E-state index contributed by atoms with van der Waals surface area (Å²) >= 11 is 11.9. The Hall–Kier alpha value is -3.62. The maximum atomic E-state index is 12.7. The van der Waals surface area contributed by atoms with Crippen LogP contribution >= 0.6 is 23.8 Å². The smallest absolute Gasteiger partial charge is 0.261 e. The Morgan fingerprint density at radius 2 is 1.69 bits per heavy atom. The summed E-state index contributed by atoms with van der Waals surface area (Å²) in [4.78, 5) is 29.4. The van der Waals surface area contributed by atoms with Gasteiger partial charge in [0.15, 0.2) is 5.11 Å². The number of carbonyl (C=O) groups excluding carboxylic acids is 2. The van der Waals surface area contributed by atoms with Crippen molar-refractivity contribution in [3.63, 3.8) is 0 Å². The lowest BCUT2D eigenvalue weighted by atomic mass is 10.1. The van der Waals surface area contributed by atoms with Gasteiger partial charge in [-0.05, 0) is 61.1 Å². The summed E-state index contributed by atoms with van der Waals surface area (Å²) in [5.41, 5.74) is 3.50. The molecule has 1 heterocycles. The minimum Gasteiger partial charge on any atom is -0.496 e. The van der Waals surface area contributed by atoms with Crippen LogP contribution in [0.25, 0.3) is 0 Å². The summed E-state index contributed by atoms with van der Waals surface area (Å²) in [7, 11) is 1.53. The van der Waals surface area contributed by atoms with Gasteiger partial charge >= 0.3 is 0 Å². The van der Waals surface area contributed by atoms with E-state index in [1.165, 1.54) is 7.11 Å². The SMILES string of the molecule is COc1c(C)cccc1C(=O)NC(=S)Nc1ccc(N2CCN(C(=O)c3ccccc3)CC2)c(Cl)c1. The molecule has 0 saturated carbocycles. The van der Waals surface area contributed by atoms with E-state index in [0.29, 0.717) is 53.8 Å². The Kier molecular flexibility index (Phi) is 8.07. The first-order valence-corrected chi connectivity index (χ1v) is 12.3. The van der Waals surface area contributed by atoms with Crippen molar-refractivity contribution in [2.24, 2.45) is 0 Å². The van der Waals surface area contributed by atoms with Crippen LogP contribution in [-0.4, -0.2) is 55.1 Å². The fourth-order valence-electron chi connectivity index (χ4n) is 4.19. The van der Waals surface area contributed by atoms with Crippen molar-refractivity contribution in [1.29, 1.82) is 0 Å². The highest BCUT2D eigenvalue weighted by Crippen LogP contribution is 2.30. The first-order valence-electron chi connectivity index (χ1n) is 11.5. The molecule has 0 aromatic heterocycles. The lowest BCUT2D eigenvalue weighted by molar-refractivity contribution is 0.0746. The van der Waals surface area contributed by atoms with Gasteiger partial charge in [0.1, 0.15) is 5.75 Å². The molecule has 3 aromatic rings. The molecule has 3 aromatic carbocycles. The van der Waals surface area contributed by atoms with Crippen molar-refractivity contribution >= 4 is 52.1 Å². The molecule has 0 aliphatic carbocycles. The molecule has 1 aliphatic heterocycles. The number of rotatable bonds is 5. The first-order chi connectivity index (χ1) is 17.4. The van der Waals surface area contributed by atoms with Crippen LogP contribution in [-0.2, 0) is 0 Å². The zero-order valence-corrected chi connectivity index (χ0v) is 21.7. The topological polar surface area (TPSA) is 73.9 Å². The number of aryl methyl sites for hydroxylation is 1. The number of hydrogen-bond acceptors (Lipinski definition) is 5. The number of benzene rings is 3.